The van der Waals surface area contributed by atoms with Crippen LogP contribution < -0.4 is 9.47 Å². The van der Waals surface area contributed by atoms with Crippen LogP contribution in [0.15, 0.2) is 42.6 Å². The van der Waals surface area contributed by atoms with Gasteiger partial charge < -0.3 is 18.3 Å². The minimum absolute atomic E-state index is 0.0408. The first-order valence-corrected chi connectivity index (χ1v) is 12.7. The number of methoxy groups -OCH3 is 2. The van der Waals surface area contributed by atoms with Crippen LogP contribution >= 0.6 is 0 Å². The number of pyridine rings is 1. The molecular weight excluding hydrogens is 380 g/mol. The molecule has 1 unspecified atom stereocenters. The first-order valence-electron chi connectivity index (χ1n) is 9.77. The summed E-state index contributed by atoms with van der Waals surface area (Å²) in [5.41, 5.74) is 3.37. The molecule has 29 heavy (non-hydrogen) atoms. The number of hydrogen-bond donors (Lipinski definition) is 0. The van der Waals surface area contributed by atoms with Gasteiger partial charge in [0.05, 0.1) is 25.6 Å². The van der Waals surface area contributed by atoms with Gasteiger partial charge in [-0.2, -0.15) is 0 Å². The second kappa shape index (κ2) is 7.84. The molecule has 2 heterocycles. The summed E-state index contributed by atoms with van der Waals surface area (Å²) in [7, 11) is 1.19. The Bertz CT molecular complexity index is 1010. The van der Waals surface area contributed by atoms with Crippen LogP contribution in [0.3, 0.4) is 0 Å². The van der Waals surface area contributed by atoms with Gasteiger partial charge in [0, 0.05) is 11.8 Å². The predicted molar refractivity (Wildman–Crippen MR) is 119 cm³/mol. The van der Waals surface area contributed by atoms with Crippen molar-refractivity contribution in [1.29, 1.82) is 0 Å². The first kappa shape index (κ1) is 21.4. The van der Waals surface area contributed by atoms with E-state index < -0.39 is 8.32 Å². The quantitative estimate of drug-likeness (QED) is 0.492. The number of aromatic nitrogens is 2. The van der Waals surface area contributed by atoms with Crippen molar-refractivity contribution in [2.75, 3.05) is 14.2 Å². The van der Waals surface area contributed by atoms with Gasteiger partial charge >= 0.3 is 0 Å². The fraction of sp³-hybridized carbons (Fsp3) is 0.391. The molecule has 1 radical (unpaired) electrons. The van der Waals surface area contributed by atoms with Gasteiger partial charge in [0.2, 0.25) is 0 Å². The number of fused-ring (bicyclic) bond motifs is 1. The Hall–Kier alpha value is -2.31. The molecule has 3 rings (SSSR count). The number of nitrogens with zero attached hydrogens (tertiary/aromatic N) is 2. The van der Waals surface area contributed by atoms with Crippen molar-refractivity contribution in [2.45, 2.75) is 45.0 Å². The monoisotopic (exact) mass is 411 g/mol. The third kappa shape index (κ3) is 4.05. The van der Waals surface area contributed by atoms with Crippen molar-refractivity contribution in [3.05, 3.63) is 66.5 Å². The van der Waals surface area contributed by atoms with Crippen LogP contribution in [-0.2, 0) is 4.43 Å². The number of ether oxygens (including phenoxy) is 2. The molecule has 1 atom stereocenters. The van der Waals surface area contributed by atoms with Crippen molar-refractivity contribution in [3.8, 4) is 11.5 Å². The molecule has 0 N–H and O–H groups in total. The molecule has 0 amide bonds. The fourth-order valence-corrected chi connectivity index (χ4v) is 4.30. The second-order valence-electron chi connectivity index (χ2n) is 8.74. The molecule has 6 heteroatoms. The van der Waals surface area contributed by atoms with Gasteiger partial charge in [0.1, 0.15) is 23.3 Å². The lowest BCUT2D eigenvalue weighted by Crippen LogP contribution is -2.42. The van der Waals surface area contributed by atoms with Crippen LogP contribution in [0.25, 0.3) is 5.65 Å². The number of imidazole rings is 1. The summed E-state index contributed by atoms with van der Waals surface area (Å²) in [5.74, 6) is 1.50. The van der Waals surface area contributed by atoms with Gasteiger partial charge in [0.25, 0.3) is 0 Å². The summed E-state index contributed by atoms with van der Waals surface area (Å²) in [4.78, 5) is 4.66. The van der Waals surface area contributed by atoms with Gasteiger partial charge in [-0.1, -0.05) is 26.8 Å². The number of rotatable bonds is 6. The highest BCUT2D eigenvalue weighted by Crippen LogP contribution is 2.44. The van der Waals surface area contributed by atoms with Crippen molar-refractivity contribution >= 4 is 14.0 Å². The van der Waals surface area contributed by atoms with E-state index in [0.29, 0.717) is 5.69 Å². The molecule has 1 aromatic carbocycles. The third-order valence-electron chi connectivity index (χ3n) is 5.83. The maximum atomic E-state index is 6.97. The zero-order valence-corrected chi connectivity index (χ0v) is 19.4. The zero-order chi connectivity index (χ0) is 21.4. The molecule has 0 saturated carbocycles. The van der Waals surface area contributed by atoms with E-state index in [9.17, 15) is 0 Å². The second-order valence-corrected chi connectivity index (χ2v) is 13.5. The lowest BCUT2D eigenvalue weighted by molar-refractivity contribution is 0.210. The highest BCUT2D eigenvalue weighted by Gasteiger charge is 2.41. The van der Waals surface area contributed by atoms with Gasteiger partial charge in [-0.25, -0.2) is 4.98 Å². The van der Waals surface area contributed by atoms with Crippen molar-refractivity contribution in [1.82, 2.24) is 9.38 Å². The molecule has 0 aliphatic carbocycles. The maximum Gasteiger partial charge on any atom is 0.193 e. The molecule has 2 aromatic heterocycles. The minimum Gasteiger partial charge on any atom is -0.497 e. The van der Waals surface area contributed by atoms with Crippen LogP contribution in [0, 0.1) is 6.92 Å². The molecule has 3 aromatic rings. The smallest absolute Gasteiger partial charge is 0.193 e. The highest BCUT2D eigenvalue weighted by molar-refractivity contribution is 6.74. The molecule has 5 nitrogen and oxygen atoms in total. The van der Waals surface area contributed by atoms with E-state index in [-0.39, 0.29) is 11.1 Å². The van der Waals surface area contributed by atoms with Crippen molar-refractivity contribution in [2.24, 2.45) is 0 Å². The SMILES string of the molecule is [CH2]c1nc2ccccn2c1C(O[Si](C)(C)C(C)(C)C)c1cc(OC)ccc1OC. The molecule has 0 bridgehead atoms. The average molecular weight is 412 g/mol. The molecule has 0 fully saturated rings. The summed E-state index contributed by atoms with van der Waals surface area (Å²) in [6.07, 6.45) is 1.62. The number of benzene rings is 1. The summed E-state index contributed by atoms with van der Waals surface area (Å²) in [5, 5.41) is 0.0408. The van der Waals surface area contributed by atoms with Crippen LogP contribution in [0.4, 0.5) is 0 Å². The number of hydrogen-bond acceptors (Lipinski definition) is 4. The van der Waals surface area contributed by atoms with E-state index in [1.54, 1.807) is 14.2 Å². The normalized spacial score (nSPS) is 13.5. The summed E-state index contributed by atoms with van der Waals surface area (Å²) in [6.45, 7) is 15.4. The largest absolute Gasteiger partial charge is 0.497 e. The molecule has 0 saturated heterocycles. The Labute approximate surface area is 174 Å². The lowest BCUT2D eigenvalue weighted by Gasteiger charge is -2.39. The molecule has 0 aliphatic rings. The lowest BCUT2D eigenvalue weighted by atomic mass is 10.0. The Balaban J connectivity index is 2.27. The Morgan fingerprint density at radius 1 is 1.07 bits per heavy atom. The average Bonchev–Trinajstić information content (AvgIpc) is 3.00. The molecular formula is C23H31N2O3Si. The van der Waals surface area contributed by atoms with E-state index in [2.05, 4.69) is 50.2 Å². The predicted octanol–water partition coefficient (Wildman–Crippen LogP) is 5.64. The maximum absolute atomic E-state index is 6.97. The zero-order valence-electron chi connectivity index (χ0n) is 18.4. The molecule has 0 aliphatic heterocycles. The Morgan fingerprint density at radius 2 is 1.79 bits per heavy atom. The molecule has 155 valence electrons. The fourth-order valence-electron chi connectivity index (χ4n) is 3.12. The standard InChI is InChI=1S/C23H31N2O3Si/c1-16-21(25-14-10-9-11-20(25)24-16)22(28-29(7,8)23(2,3)4)18-15-17(26-5)12-13-19(18)27-6/h9-15,22H,1H2,2-8H3. The Kier molecular flexibility index (Phi) is 5.78. The van der Waals surface area contributed by atoms with Crippen LogP contribution in [-0.4, -0.2) is 31.9 Å². The summed E-state index contributed by atoms with van der Waals surface area (Å²) < 4.78 is 20.2. The van der Waals surface area contributed by atoms with E-state index in [4.69, 9.17) is 13.9 Å². The summed E-state index contributed by atoms with van der Waals surface area (Å²) >= 11 is 0. The van der Waals surface area contributed by atoms with Crippen LogP contribution in [0.5, 0.6) is 11.5 Å². The van der Waals surface area contributed by atoms with Gasteiger partial charge in [-0.05, 0) is 55.4 Å². The first-order chi connectivity index (χ1) is 13.6. The van der Waals surface area contributed by atoms with Crippen molar-refractivity contribution < 1.29 is 13.9 Å². The van der Waals surface area contributed by atoms with Crippen LogP contribution in [0.2, 0.25) is 18.1 Å². The van der Waals surface area contributed by atoms with Crippen molar-refractivity contribution in [3.63, 3.8) is 0 Å². The van der Waals surface area contributed by atoms with Gasteiger partial charge in [-0.3, -0.25) is 0 Å². The minimum atomic E-state index is -2.15. The van der Waals surface area contributed by atoms with E-state index in [0.717, 1.165) is 28.4 Å². The van der Waals surface area contributed by atoms with Crippen LogP contribution in [0.1, 0.15) is 43.8 Å². The van der Waals surface area contributed by atoms with E-state index in [1.807, 2.05) is 42.6 Å². The highest BCUT2D eigenvalue weighted by atomic mass is 28.4. The van der Waals surface area contributed by atoms with Gasteiger partial charge in [0.15, 0.2) is 8.32 Å². The van der Waals surface area contributed by atoms with Gasteiger partial charge in [-0.15, -0.1) is 0 Å². The third-order valence-corrected chi connectivity index (χ3v) is 10.3. The molecule has 0 spiro atoms. The summed E-state index contributed by atoms with van der Waals surface area (Å²) in [6, 6.07) is 11.7. The Morgan fingerprint density at radius 3 is 2.41 bits per heavy atom. The topological polar surface area (TPSA) is 45.0 Å². The van der Waals surface area contributed by atoms with E-state index in [1.165, 1.54) is 0 Å². The van der Waals surface area contributed by atoms with E-state index >= 15 is 0 Å².